The molecule has 2 rings (SSSR count). The summed E-state index contributed by atoms with van der Waals surface area (Å²) in [5.74, 6) is 0.255. The number of nitrogens with zero attached hydrogens (tertiary/aromatic N) is 1. The molecule has 0 amide bonds. The lowest BCUT2D eigenvalue weighted by atomic mass is 9.82. The molecule has 1 aliphatic carbocycles. The van der Waals surface area contributed by atoms with Gasteiger partial charge in [0.15, 0.2) is 0 Å². The summed E-state index contributed by atoms with van der Waals surface area (Å²) in [6.45, 7) is 2.85. The maximum absolute atomic E-state index is 11.9. The van der Waals surface area contributed by atoms with E-state index in [4.69, 9.17) is 11.6 Å². The second kappa shape index (κ2) is 7.07. The van der Waals surface area contributed by atoms with Crippen LogP contribution in [0.15, 0.2) is 18.3 Å². The molecular formula is C15H23ClN2O2S. The van der Waals surface area contributed by atoms with E-state index in [0.29, 0.717) is 11.4 Å². The van der Waals surface area contributed by atoms with Crippen molar-refractivity contribution in [3.63, 3.8) is 0 Å². The Balaban J connectivity index is 2.24. The minimum absolute atomic E-state index is 0.0215. The zero-order chi connectivity index (χ0) is 15.5. The molecule has 1 N–H and O–H groups in total. The first-order valence-electron chi connectivity index (χ1n) is 7.46. The molecule has 3 atom stereocenters. The largest absolute Gasteiger partial charge is 0.309 e. The fourth-order valence-electron chi connectivity index (χ4n) is 3.21. The van der Waals surface area contributed by atoms with E-state index in [-0.39, 0.29) is 17.2 Å². The van der Waals surface area contributed by atoms with Crippen LogP contribution in [0.1, 0.15) is 44.3 Å². The summed E-state index contributed by atoms with van der Waals surface area (Å²) in [6, 6.07) is 3.67. The number of sulfone groups is 1. The standard InChI is InChI=1S/C15H23ClN2O2S/c1-3-17-14(15-13(16)8-5-9-18-15)11-6-4-7-12(10-11)21(2,19)20/h5,8-9,11-12,14,17H,3-4,6-7,10H2,1-2H3. The SMILES string of the molecule is CCNC(c1ncccc1Cl)C1CCCC(S(C)(=O)=O)C1. The Kier molecular flexibility index (Phi) is 5.63. The second-order valence-electron chi connectivity index (χ2n) is 5.78. The molecule has 6 heteroatoms. The van der Waals surface area contributed by atoms with Crippen molar-refractivity contribution in [2.45, 2.75) is 43.9 Å². The van der Waals surface area contributed by atoms with Crippen molar-refractivity contribution < 1.29 is 8.42 Å². The Hall–Kier alpha value is -0.650. The molecular weight excluding hydrogens is 308 g/mol. The van der Waals surface area contributed by atoms with E-state index in [1.807, 2.05) is 19.1 Å². The monoisotopic (exact) mass is 330 g/mol. The zero-order valence-electron chi connectivity index (χ0n) is 12.5. The minimum Gasteiger partial charge on any atom is -0.309 e. The van der Waals surface area contributed by atoms with Crippen LogP contribution in [0.5, 0.6) is 0 Å². The summed E-state index contributed by atoms with van der Waals surface area (Å²) in [5, 5.41) is 3.85. The average molecular weight is 331 g/mol. The number of pyridine rings is 1. The van der Waals surface area contributed by atoms with Gasteiger partial charge in [0.2, 0.25) is 0 Å². The van der Waals surface area contributed by atoms with Gasteiger partial charge in [0.25, 0.3) is 0 Å². The molecule has 0 spiro atoms. The van der Waals surface area contributed by atoms with Gasteiger partial charge in [-0.25, -0.2) is 8.42 Å². The Bertz CT molecular complexity index is 577. The van der Waals surface area contributed by atoms with E-state index in [1.165, 1.54) is 6.26 Å². The first-order chi connectivity index (χ1) is 9.93. The lowest BCUT2D eigenvalue weighted by Gasteiger charge is -2.34. The topological polar surface area (TPSA) is 59.1 Å². The summed E-state index contributed by atoms with van der Waals surface area (Å²) in [5.41, 5.74) is 0.833. The summed E-state index contributed by atoms with van der Waals surface area (Å²) in [7, 11) is -2.98. The number of aromatic nitrogens is 1. The highest BCUT2D eigenvalue weighted by atomic mass is 35.5. The van der Waals surface area contributed by atoms with Crippen molar-refractivity contribution in [1.82, 2.24) is 10.3 Å². The van der Waals surface area contributed by atoms with Gasteiger partial charge < -0.3 is 5.32 Å². The number of nitrogens with one attached hydrogen (secondary N) is 1. The Morgan fingerprint density at radius 1 is 1.48 bits per heavy atom. The van der Waals surface area contributed by atoms with Crippen LogP contribution in [0.4, 0.5) is 0 Å². The van der Waals surface area contributed by atoms with Gasteiger partial charge in [-0.15, -0.1) is 0 Å². The van der Waals surface area contributed by atoms with Crippen LogP contribution in [0.25, 0.3) is 0 Å². The number of hydrogen-bond donors (Lipinski definition) is 1. The van der Waals surface area contributed by atoms with E-state index in [0.717, 1.165) is 31.5 Å². The molecule has 1 saturated carbocycles. The van der Waals surface area contributed by atoms with Crippen molar-refractivity contribution in [2.75, 3.05) is 12.8 Å². The van der Waals surface area contributed by atoms with Crippen LogP contribution >= 0.6 is 11.6 Å². The molecule has 0 saturated heterocycles. The van der Waals surface area contributed by atoms with E-state index < -0.39 is 9.84 Å². The van der Waals surface area contributed by atoms with E-state index >= 15 is 0 Å². The third-order valence-corrected chi connectivity index (χ3v) is 6.21. The fraction of sp³-hybridized carbons (Fsp3) is 0.667. The highest BCUT2D eigenvalue weighted by molar-refractivity contribution is 7.91. The number of rotatable bonds is 5. The van der Waals surface area contributed by atoms with Crippen molar-refractivity contribution in [2.24, 2.45) is 5.92 Å². The van der Waals surface area contributed by atoms with Crippen LogP contribution in [-0.2, 0) is 9.84 Å². The average Bonchev–Trinajstić information content (AvgIpc) is 2.45. The third-order valence-electron chi connectivity index (χ3n) is 4.25. The molecule has 3 unspecified atom stereocenters. The van der Waals surface area contributed by atoms with Crippen LogP contribution in [0.3, 0.4) is 0 Å². The number of halogens is 1. The fourth-order valence-corrected chi connectivity index (χ4v) is 4.64. The lowest BCUT2D eigenvalue weighted by molar-refractivity contribution is 0.272. The highest BCUT2D eigenvalue weighted by Crippen LogP contribution is 2.37. The molecule has 1 fully saturated rings. The van der Waals surface area contributed by atoms with Crippen molar-refractivity contribution >= 4 is 21.4 Å². The van der Waals surface area contributed by atoms with E-state index in [1.54, 1.807) is 6.20 Å². The van der Waals surface area contributed by atoms with Crippen molar-refractivity contribution in [3.8, 4) is 0 Å². The molecule has 0 radical (unpaired) electrons. The molecule has 0 bridgehead atoms. The lowest BCUT2D eigenvalue weighted by Crippen LogP contribution is -2.36. The highest BCUT2D eigenvalue weighted by Gasteiger charge is 2.34. The van der Waals surface area contributed by atoms with Gasteiger partial charge in [0.1, 0.15) is 9.84 Å². The van der Waals surface area contributed by atoms with Gasteiger partial charge in [-0.2, -0.15) is 0 Å². The second-order valence-corrected chi connectivity index (χ2v) is 8.52. The zero-order valence-corrected chi connectivity index (χ0v) is 14.1. The van der Waals surface area contributed by atoms with Gasteiger partial charge in [0, 0.05) is 12.5 Å². The molecule has 0 aromatic carbocycles. The van der Waals surface area contributed by atoms with Gasteiger partial charge in [-0.1, -0.05) is 24.9 Å². The van der Waals surface area contributed by atoms with Crippen LogP contribution in [-0.4, -0.2) is 31.5 Å². The normalized spacial score (nSPS) is 24.7. The maximum Gasteiger partial charge on any atom is 0.150 e. The smallest absolute Gasteiger partial charge is 0.150 e. The first kappa shape index (κ1) is 16.7. The maximum atomic E-state index is 11.9. The van der Waals surface area contributed by atoms with Gasteiger partial charge in [0.05, 0.1) is 22.0 Å². The van der Waals surface area contributed by atoms with Crippen LogP contribution in [0.2, 0.25) is 5.02 Å². The summed E-state index contributed by atoms with van der Waals surface area (Å²) < 4.78 is 23.7. The van der Waals surface area contributed by atoms with Crippen molar-refractivity contribution in [1.29, 1.82) is 0 Å². The summed E-state index contributed by atoms with van der Waals surface area (Å²) in [6.07, 6.45) is 6.48. The van der Waals surface area contributed by atoms with Gasteiger partial charge in [-0.05, 0) is 43.9 Å². The van der Waals surface area contributed by atoms with Gasteiger partial charge >= 0.3 is 0 Å². The van der Waals surface area contributed by atoms with Crippen LogP contribution in [0, 0.1) is 5.92 Å². The Labute approximate surface area is 132 Å². The molecule has 118 valence electrons. The predicted molar refractivity (Wildman–Crippen MR) is 86.3 cm³/mol. The molecule has 1 heterocycles. The van der Waals surface area contributed by atoms with E-state index in [9.17, 15) is 8.42 Å². The third kappa shape index (κ3) is 4.18. The predicted octanol–water partition coefficient (Wildman–Crippen LogP) is 2.99. The molecule has 1 aliphatic rings. The minimum atomic E-state index is -2.98. The molecule has 0 aliphatic heterocycles. The van der Waals surface area contributed by atoms with Crippen LogP contribution < -0.4 is 5.32 Å². The van der Waals surface area contributed by atoms with Crippen molar-refractivity contribution in [3.05, 3.63) is 29.0 Å². The van der Waals surface area contributed by atoms with Gasteiger partial charge in [-0.3, -0.25) is 4.98 Å². The Morgan fingerprint density at radius 2 is 2.24 bits per heavy atom. The molecule has 1 aromatic heterocycles. The Morgan fingerprint density at radius 3 is 2.86 bits per heavy atom. The quantitative estimate of drug-likeness (QED) is 0.901. The summed E-state index contributed by atoms with van der Waals surface area (Å²) in [4.78, 5) is 4.42. The van der Waals surface area contributed by atoms with E-state index in [2.05, 4.69) is 10.3 Å². The number of hydrogen-bond acceptors (Lipinski definition) is 4. The summed E-state index contributed by atoms with van der Waals surface area (Å²) >= 11 is 6.28. The first-order valence-corrected chi connectivity index (χ1v) is 9.79. The molecule has 4 nitrogen and oxygen atoms in total. The molecule has 1 aromatic rings. The molecule has 21 heavy (non-hydrogen) atoms.